The van der Waals surface area contributed by atoms with Crippen LogP contribution in [0.15, 0.2) is 0 Å². The van der Waals surface area contributed by atoms with Gasteiger partial charge in [0.2, 0.25) is 0 Å². The molecule has 0 spiro atoms. The van der Waals surface area contributed by atoms with E-state index >= 15 is 0 Å². The Bertz CT molecular complexity index is 343. The van der Waals surface area contributed by atoms with Gasteiger partial charge in [0.25, 0.3) is 0 Å². The van der Waals surface area contributed by atoms with Crippen molar-refractivity contribution in [3.63, 3.8) is 0 Å². The molecule has 0 unspecified atom stereocenters. The summed E-state index contributed by atoms with van der Waals surface area (Å²) in [4.78, 5) is 0. The van der Waals surface area contributed by atoms with E-state index < -0.39 is 50.2 Å². The standard InChI is InChI=1S/3Mo.H3N.12O.V/h;;;1H3;;;;;;;;;;;;;/q;;;;;;;;;;6*-1;+5/p+1. The van der Waals surface area contributed by atoms with Crippen LogP contribution in [0, 0.1) is 0 Å². The summed E-state index contributed by atoms with van der Waals surface area (Å²) in [6, 6.07) is 0. The maximum absolute atomic E-state index is 8.63. The van der Waals surface area contributed by atoms with Crippen molar-refractivity contribution in [3.8, 4) is 0 Å². The molecule has 0 amide bonds. The summed E-state index contributed by atoms with van der Waals surface area (Å²) in [5.74, 6) is 0. The first kappa shape index (κ1) is 30.9. The SMILES string of the molecule is [NH4+].[O]=[Mo](=[O])([O-])[O-].[O]=[Mo](=[O])([O-])[O-].[O]=[Mo](=[O])([O-])[O-].[V+5]. The van der Waals surface area contributed by atoms with Gasteiger partial charge in [-0.2, -0.15) is 0 Å². The zero-order chi connectivity index (χ0) is 13.5. The number of hydrogen-bond donors (Lipinski definition) is 1. The molecule has 0 aliphatic rings. The maximum atomic E-state index is 8.63. The second-order valence-corrected chi connectivity index (χ2v) is 7.25. The summed E-state index contributed by atoms with van der Waals surface area (Å²) in [7, 11) is 0. The van der Waals surface area contributed by atoms with E-state index in [1.807, 2.05) is 0 Å². The van der Waals surface area contributed by atoms with Crippen LogP contribution in [0.4, 0.5) is 0 Å². The van der Waals surface area contributed by atoms with Crippen LogP contribution in [-0.4, -0.2) is 0 Å². The Morgan fingerprint density at radius 2 is 0.471 bits per heavy atom. The van der Waals surface area contributed by atoms with E-state index in [0.29, 0.717) is 0 Å². The van der Waals surface area contributed by atoms with Crippen molar-refractivity contribution >= 4 is 0 Å². The fourth-order valence-corrected chi connectivity index (χ4v) is 0. The van der Waals surface area contributed by atoms with E-state index in [0.717, 1.165) is 0 Å². The van der Waals surface area contributed by atoms with E-state index in [9.17, 15) is 0 Å². The first-order valence-corrected chi connectivity index (χ1v) is 11.8. The first-order valence-electron chi connectivity index (χ1n) is 2.00. The molecule has 0 aromatic heterocycles. The van der Waals surface area contributed by atoms with Gasteiger partial charge in [0.05, 0.1) is 0 Å². The summed E-state index contributed by atoms with van der Waals surface area (Å²) in [5, 5.41) is 0. The van der Waals surface area contributed by atoms with Crippen molar-refractivity contribution in [3.05, 3.63) is 0 Å². The van der Waals surface area contributed by atoms with Crippen LogP contribution in [0.5, 0.6) is 0 Å². The summed E-state index contributed by atoms with van der Waals surface area (Å²) >= 11 is -18.1. The molecule has 0 atom stereocenters. The Morgan fingerprint density at radius 1 is 0.471 bits per heavy atom. The third-order valence-corrected chi connectivity index (χ3v) is 0. The topological polar surface area (TPSA) is 277 Å². The number of quaternary nitrogens is 1. The van der Waals surface area contributed by atoms with Crippen LogP contribution in [0.25, 0.3) is 0 Å². The number of hydrogen-bond acceptors (Lipinski definition) is 12. The van der Waals surface area contributed by atoms with Gasteiger partial charge in [0, 0.05) is 0 Å². The molecule has 17 heavy (non-hydrogen) atoms. The van der Waals surface area contributed by atoms with Gasteiger partial charge in [0.15, 0.2) is 0 Å². The van der Waals surface area contributed by atoms with Crippen molar-refractivity contribution in [2.75, 3.05) is 0 Å². The first-order chi connectivity index (χ1) is 6.00. The quantitative estimate of drug-likeness (QED) is 0.276. The Labute approximate surface area is 117 Å². The average Bonchev–Trinajstić information content (AvgIpc) is 1.41. The third-order valence-electron chi connectivity index (χ3n) is 0. The molecule has 104 valence electrons. The summed E-state index contributed by atoms with van der Waals surface area (Å²) in [6.07, 6.45) is 0. The van der Waals surface area contributed by atoms with Crippen molar-refractivity contribution in [1.82, 2.24) is 6.15 Å². The summed E-state index contributed by atoms with van der Waals surface area (Å²) in [6.45, 7) is 0. The van der Waals surface area contributed by atoms with Gasteiger partial charge in [-0.05, 0) is 0 Å². The predicted octanol–water partition coefficient (Wildman–Crippen LogP) is -7.48. The number of rotatable bonds is 0. The zero-order valence-corrected chi connectivity index (χ0v) is 15.0. The minimum Gasteiger partial charge on any atom is 5.00 e. The van der Waals surface area contributed by atoms with Crippen LogP contribution in [-0.2, 0) is 89.2 Å². The fourth-order valence-electron chi connectivity index (χ4n) is 0. The second kappa shape index (κ2) is 12.2. The van der Waals surface area contributed by atoms with E-state index in [-0.39, 0.29) is 24.7 Å². The fraction of sp³-hybridized carbons (Fsp3) is 0. The molecule has 13 nitrogen and oxygen atoms in total. The maximum Gasteiger partial charge on any atom is 5.00 e. The monoisotopic (exact) mass is 555 g/mol. The Balaban J connectivity index is -0.0000000400. The minimum absolute atomic E-state index is 0. The van der Waals surface area contributed by atoms with Crippen LogP contribution in [0.3, 0.4) is 0 Å². The molecular formula is H4Mo3NO12V. The Morgan fingerprint density at radius 3 is 0.471 bits per heavy atom. The zero-order valence-electron chi connectivity index (χ0n) is 7.57. The Hall–Kier alpha value is 1.17. The third kappa shape index (κ3) is 2890. The molecule has 17 heteroatoms. The molecule has 0 rings (SSSR count). The molecule has 0 aliphatic heterocycles. The average molecular weight is 549 g/mol. The van der Waals surface area contributed by atoms with E-state index in [2.05, 4.69) is 0 Å². The van der Waals surface area contributed by atoms with E-state index in [1.54, 1.807) is 0 Å². The van der Waals surface area contributed by atoms with Gasteiger partial charge in [-0.1, -0.05) is 0 Å². The van der Waals surface area contributed by atoms with E-state index in [1.165, 1.54) is 0 Å². The van der Waals surface area contributed by atoms with Gasteiger partial charge in [-0.3, -0.25) is 0 Å². The van der Waals surface area contributed by atoms with Crippen molar-refractivity contribution in [2.24, 2.45) is 0 Å². The molecule has 0 aliphatic carbocycles. The van der Waals surface area contributed by atoms with Crippen molar-refractivity contribution in [1.29, 1.82) is 0 Å². The van der Waals surface area contributed by atoms with Crippen molar-refractivity contribution < 1.29 is 112 Å². The van der Waals surface area contributed by atoms with E-state index in [4.69, 9.17) is 42.9 Å². The van der Waals surface area contributed by atoms with Crippen molar-refractivity contribution in [2.45, 2.75) is 0 Å². The molecule has 4 N–H and O–H groups in total. The van der Waals surface area contributed by atoms with Gasteiger partial charge in [-0.15, -0.1) is 0 Å². The van der Waals surface area contributed by atoms with Gasteiger partial charge < -0.3 is 6.15 Å². The molecule has 0 fully saturated rings. The molecule has 0 bridgehead atoms. The molecule has 0 heterocycles. The molecule has 0 saturated carbocycles. The van der Waals surface area contributed by atoms with Gasteiger partial charge in [0.1, 0.15) is 0 Å². The van der Waals surface area contributed by atoms with Crippen LogP contribution >= 0.6 is 0 Å². The van der Waals surface area contributed by atoms with Crippen LogP contribution in [0.2, 0.25) is 0 Å². The molecule has 0 aromatic rings. The molecule has 0 radical (unpaired) electrons. The normalized spacial score (nSPS) is 10.2. The Kier molecular flexibility index (Phi) is 22.2. The van der Waals surface area contributed by atoms with Crippen LogP contribution < -0.4 is 28.7 Å². The second-order valence-electron chi connectivity index (χ2n) is 1.22. The summed E-state index contributed by atoms with van der Waals surface area (Å²) in [5.41, 5.74) is 0. The smallest absolute Gasteiger partial charge is 5.00 e. The molecule has 0 saturated heterocycles. The largest absolute Gasteiger partial charge is 5.00 e. The minimum atomic E-state index is -6.02. The molecular weight excluding hydrogens is 545 g/mol. The molecule has 0 aromatic carbocycles. The van der Waals surface area contributed by atoms with Gasteiger partial charge in [-0.25, -0.2) is 0 Å². The predicted molar refractivity (Wildman–Crippen MR) is 10.1 cm³/mol. The summed E-state index contributed by atoms with van der Waals surface area (Å²) < 4.78 is 104. The van der Waals surface area contributed by atoms with Crippen LogP contribution in [0.1, 0.15) is 0 Å². The van der Waals surface area contributed by atoms with Gasteiger partial charge >= 0.3 is 112 Å².